The molecule has 0 saturated heterocycles. The second-order valence-electron chi connectivity index (χ2n) is 18.9. The molecule has 6 heteroatoms. The number of hydrogen-bond donors (Lipinski definition) is 3. The SMILES string of the molecule is CCCCCCCCCCCCCCCCCCCC/C=C/C(O)C(CO)NC(=O)CCCCCCCCCCCCCCOC(=O)CCCCCCCCCCCCCC. The summed E-state index contributed by atoms with van der Waals surface area (Å²) in [5, 5.41) is 23.1. The monoisotopic (exact) mass is 862 g/mol. The van der Waals surface area contributed by atoms with Crippen molar-refractivity contribution in [3.63, 3.8) is 0 Å². The first kappa shape index (κ1) is 59.6. The Bertz CT molecular complexity index is 909. The molecule has 0 aliphatic rings. The summed E-state index contributed by atoms with van der Waals surface area (Å²) in [5.41, 5.74) is 0. The van der Waals surface area contributed by atoms with Gasteiger partial charge in [-0.15, -0.1) is 0 Å². The van der Waals surface area contributed by atoms with Crippen LogP contribution in [0.25, 0.3) is 0 Å². The molecule has 61 heavy (non-hydrogen) atoms. The molecule has 0 saturated carbocycles. The van der Waals surface area contributed by atoms with Gasteiger partial charge in [-0.3, -0.25) is 9.59 Å². The molecule has 3 N–H and O–H groups in total. The number of carbonyl (C=O) groups excluding carboxylic acids is 2. The molecule has 0 aliphatic heterocycles. The van der Waals surface area contributed by atoms with Gasteiger partial charge in [0.1, 0.15) is 0 Å². The molecule has 0 radical (unpaired) electrons. The van der Waals surface area contributed by atoms with E-state index in [9.17, 15) is 19.8 Å². The molecule has 0 aliphatic carbocycles. The predicted octanol–water partition coefficient (Wildman–Crippen LogP) is 16.5. The van der Waals surface area contributed by atoms with Crippen LogP contribution in [-0.4, -0.2) is 47.4 Å². The van der Waals surface area contributed by atoms with Crippen LogP contribution in [0.5, 0.6) is 0 Å². The molecular formula is C55H107NO5. The van der Waals surface area contributed by atoms with E-state index in [-0.39, 0.29) is 18.5 Å². The fourth-order valence-electron chi connectivity index (χ4n) is 8.58. The lowest BCUT2D eigenvalue weighted by Gasteiger charge is -2.20. The van der Waals surface area contributed by atoms with Crippen molar-refractivity contribution < 1.29 is 24.5 Å². The van der Waals surface area contributed by atoms with Crippen molar-refractivity contribution in [1.29, 1.82) is 0 Å². The van der Waals surface area contributed by atoms with Crippen molar-refractivity contribution in [2.24, 2.45) is 0 Å². The van der Waals surface area contributed by atoms with E-state index in [0.29, 0.717) is 19.4 Å². The first-order chi connectivity index (χ1) is 30.0. The van der Waals surface area contributed by atoms with Crippen molar-refractivity contribution in [3.05, 3.63) is 12.2 Å². The van der Waals surface area contributed by atoms with Gasteiger partial charge in [0.2, 0.25) is 5.91 Å². The number of esters is 1. The first-order valence-electron chi connectivity index (χ1n) is 27.5. The Labute approximate surface area is 380 Å². The second kappa shape index (κ2) is 51.2. The average molecular weight is 862 g/mol. The van der Waals surface area contributed by atoms with Gasteiger partial charge >= 0.3 is 5.97 Å². The van der Waals surface area contributed by atoms with Gasteiger partial charge in [-0.25, -0.2) is 0 Å². The molecule has 6 nitrogen and oxygen atoms in total. The Morgan fingerprint density at radius 3 is 1.11 bits per heavy atom. The van der Waals surface area contributed by atoms with Gasteiger partial charge in [0.05, 0.1) is 25.4 Å². The number of unbranched alkanes of at least 4 members (excludes halogenated alkanes) is 40. The summed E-state index contributed by atoms with van der Waals surface area (Å²) in [4.78, 5) is 24.5. The smallest absolute Gasteiger partial charge is 0.305 e. The molecule has 2 atom stereocenters. The number of rotatable bonds is 51. The number of amides is 1. The summed E-state index contributed by atoms with van der Waals surface area (Å²) < 4.78 is 5.45. The fourth-order valence-corrected chi connectivity index (χ4v) is 8.58. The Morgan fingerprint density at radius 1 is 0.443 bits per heavy atom. The largest absolute Gasteiger partial charge is 0.466 e. The van der Waals surface area contributed by atoms with Crippen LogP contribution in [0.4, 0.5) is 0 Å². The minimum atomic E-state index is -0.854. The standard InChI is InChI=1S/C55H107NO5/c1-3-5-7-9-11-13-15-17-18-19-20-21-22-23-24-27-31-35-39-43-47-53(58)52(51-57)56-54(59)48-44-40-36-32-28-25-26-30-34-38-42-46-50-61-55(60)49-45-41-37-33-29-16-14-12-10-8-6-4-2/h43,47,52-53,57-58H,3-42,44-46,48-51H2,1-2H3,(H,56,59)/b47-43+. The molecule has 0 fully saturated rings. The van der Waals surface area contributed by atoms with Crippen LogP contribution in [0.1, 0.15) is 303 Å². The number of aliphatic hydroxyl groups excluding tert-OH is 2. The van der Waals surface area contributed by atoms with Gasteiger partial charge in [-0.1, -0.05) is 270 Å². The molecule has 0 bridgehead atoms. The molecule has 2 unspecified atom stereocenters. The van der Waals surface area contributed by atoms with Crippen LogP contribution in [-0.2, 0) is 14.3 Å². The highest BCUT2D eigenvalue weighted by molar-refractivity contribution is 5.76. The average Bonchev–Trinajstić information content (AvgIpc) is 3.26. The first-order valence-corrected chi connectivity index (χ1v) is 27.5. The quantitative estimate of drug-likeness (QED) is 0.0322. The third-order valence-corrected chi connectivity index (χ3v) is 12.8. The number of hydrogen-bond acceptors (Lipinski definition) is 5. The van der Waals surface area contributed by atoms with E-state index in [2.05, 4.69) is 19.2 Å². The highest BCUT2D eigenvalue weighted by Crippen LogP contribution is 2.17. The number of allylic oxidation sites excluding steroid dienone is 1. The minimum Gasteiger partial charge on any atom is -0.466 e. The lowest BCUT2D eigenvalue weighted by Crippen LogP contribution is -2.45. The van der Waals surface area contributed by atoms with Gasteiger partial charge in [0.15, 0.2) is 0 Å². The molecule has 0 spiro atoms. The van der Waals surface area contributed by atoms with E-state index in [0.717, 1.165) is 57.8 Å². The number of carbonyl (C=O) groups is 2. The lowest BCUT2D eigenvalue weighted by atomic mass is 10.0. The third kappa shape index (κ3) is 47.9. The van der Waals surface area contributed by atoms with E-state index in [1.54, 1.807) is 6.08 Å². The summed E-state index contributed by atoms with van der Waals surface area (Å²) in [6.45, 7) is 4.88. The van der Waals surface area contributed by atoms with Crippen molar-refractivity contribution in [2.75, 3.05) is 13.2 Å². The third-order valence-electron chi connectivity index (χ3n) is 12.8. The highest BCUT2D eigenvalue weighted by atomic mass is 16.5. The van der Waals surface area contributed by atoms with Gasteiger partial charge in [0.25, 0.3) is 0 Å². The Kier molecular flexibility index (Phi) is 50.1. The van der Waals surface area contributed by atoms with Crippen LogP contribution >= 0.6 is 0 Å². The molecule has 0 aromatic rings. The Balaban J connectivity index is 3.49. The fraction of sp³-hybridized carbons (Fsp3) is 0.927. The number of ether oxygens (including phenoxy) is 1. The van der Waals surface area contributed by atoms with Crippen molar-refractivity contribution in [3.8, 4) is 0 Å². The van der Waals surface area contributed by atoms with E-state index >= 15 is 0 Å². The summed E-state index contributed by atoms with van der Waals surface area (Å²) in [6, 6.07) is -0.639. The van der Waals surface area contributed by atoms with Crippen molar-refractivity contribution in [1.82, 2.24) is 5.32 Å². The van der Waals surface area contributed by atoms with Crippen LogP contribution in [0, 0.1) is 0 Å². The van der Waals surface area contributed by atoms with Crippen molar-refractivity contribution >= 4 is 11.9 Å². The van der Waals surface area contributed by atoms with E-state index in [1.165, 1.54) is 218 Å². The topological polar surface area (TPSA) is 95.9 Å². The lowest BCUT2D eigenvalue weighted by molar-refractivity contribution is -0.143. The van der Waals surface area contributed by atoms with Crippen LogP contribution in [0.3, 0.4) is 0 Å². The van der Waals surface area contributed by atoms with Crippen LogP contribution < -0.4 is 5.32 Å². The van der Waals surface area contributed by atoms with E-state index < -0.39 is 12.1 Å². The Morgan fingerprint density at radius 2 is 0.754 bits per heavy atom. The molecular weight excluding hydrogens is 755 g/mol. The van der Waals surface area contributed by atoms with E-state index in [1.807, 2.05) is 6.08 Å². The molecule has 0 aromatic carbocycles. The summed E-state index contributed by atoms with van der Waals surface area (Å²) in [6.07, 6.45) is 59.3. The van der Waals surface area contributed by atoms with E-state index in [4.69, 9.17) is 4.74 Å². The van der Waals surface area contributed by atoms with Crippen LogP contribution in [0.2, 0.25) is 0 Å². The Hall–Kier alpha value is -1.40. The number of aliphatic hydroxyl groups is 2. The van der Waals surface area contributed by atoms with Gasteiger partial charge < -0.3 is 20.3 Å². The van der Waals surface area contributed by atoms with Gasteiger partial charge in [0, 0.05) is 12.8 Å². The van der Waals surface area contributed by atoms with Gasteiger partial charge in [-0.2, -0.15) is 0 Å². The molecule has 0 heterocycles. The molecule has 1 amide bonds. The normalized spacial score (nSPS) is 12.7. The summed E-state index contributed by atoms with van der Waals surface area (Å²) in [7, 11) is 0. The highest BCUT2D eigenvalue weighted by Gasteiger charge is 2.18. The molecule has 362 valence electrons. The zero-order chi connectivity index (χ0) is 44.4. The maximum atomic E-state index is 12.5. The predicted molar refractivity (Wildman–Crippen MR) is 264 cm³/mol. The zero-order valence-electron chi connectivity index (χ0n) is 41.2. The maximum absolute atomic E-state index is 12.5. The van der Waals surface area contributed by atoms with Crippen LogP contribution in [0.15, 0.2) is 12.2 Å². The summed E-state index contributed by atoms with van der Waals surface area (Å²) >= 11 is 0. The molecule has 0 rings (SSSR count). The second-order valence-corrected chi connectivity index (χ2v) is 18.9. The number of nitrogens with one attached hydrogen (secondary N) is 1. The zero-order valence-corrected chi connectivity index (χ0v) is 41.2. The van der Waals surface area contributed by atoms with Crippen molar-refractivity contribution in [2.45, 2.75) is 315 Å². The molecule has 0 aromatic heterocycles. The minimum absolute atomic E-state index is 0.00951. The summed E-state index contributed by atoms with van der Waals surface area (Å²) in [5.74, 6) is -0.0901. The van der Waals surface area contributed by atoms with Gasteiger partial charge in [-0.05, 0) is 32.1 Å². The maximum Gasteiger partial charge on any atom is 0.305 e.